The highest BCUT2D eigenvalue weighted by Gasteiger charge is 2.31. The van der Waals surface area contributed by atoms with Crippen LogP contribution in [0, 0.1) is 0 Å². The monoisotopic (exact) mass is 484 g/mol. The van der Waals surface area contributed by atoms with Crippen molar-refractivity contribution >= 4 is 34.6 Å². The van der Waals surface area contributed by atoms with Crippen molar-refractivity contribution in [3.63, 3.8) is 0 Å². The lowest BCUT2D eigenvalue weighted by molar-refractivity contribution is -0.137. The normalized spacial score (nSPS) is 14.2. The maximum atomic E-state index is 13.4. The highest BCUT2D eigenvalue weighted by Crippen LogP contribution is 2.35. The molecule has 35 heavy (non-hydrogen) atoms. The molecule has 0 aliphatic carbocycles. The number of benzene rings is 1. The first-order valence-electron chi connectivity index (χ1n) is 11.0. The number of hydrogen-bond donors (Lipinski definition) is 3. The van der Waals surface area contributed by atoms with E-state index in [9.17, 15) is 13.2 Å². The lowest BCUT2D eigenvalue weighted by Crippen LogP contribution is -2.44. The predicted molar refractivity (Wildman–Crippen MR) is 127 cm³/mol. The summed E-state index contributed by atoms with van der Waals surface area (Å²) >= 11 is 0. The van der Waals surface area contributed by atoms with E-state index in [1.165, 1.54) is 13.2 Å². The number of anilines is 5. The number of nitrogens with zero attached hydrogens (tertiary/aromatic N) is 5. The first-order valence-corrected chi connectivity index (χ1v) is 11.0. The Morgan fingerprint density at radius 1 is 0.971 bits per heavy atom. The van der Waals surface area contributed by atoms with E-state index in [4.69, 9.17) is 4.74 Å². The average molecular weight is 484 g/mol. The molecule has 1 saturated heterocycles. The molecule has 0 unspecified atom stereocenters. The fourth-order valence-electron chi connectivity index (χ4n) is 3.83. The lowest BCUT2D eigenvalue weighted by atomic mass is 10.2. The quantitative estimate of drug-likeness (QED) is 0.378. The number of piperazine rings is 1. The molecule has 3 aromatic heterocycles. The Labute approximate surface area is 199 Å². The fraction of sp³-hybridized carbons (Fsp3) is 0.261. The number of pyridine rings is 1. The number of nitrogens with one attached hydrogen (secondary N) is 3. The predicted octanol–water partition coefficient (Wildman–Crippen LogP) is 4.05. The summed E-state index contributed by atoms with van der Waals surface area (Å²) in [4.78, 5) is 15.5. The van der Waals surface area contributed by atoms with Gasteiger partial charge < -0.3 is 30.0 Å². The average Bonchev–Trinajstić information content (AvgIpc) is 3.31. The maximum Gasteiger partial charge on any atom is 0.416 e. The van der Waals surface area contributed by atoms with Crippen molar-refractivity contribution in [3.05, 3.63) is 60.6 Å². The largest absolute Gasteiger partial charge is 0.497 e. The Morgan fingerprint density at radius 3 is 2.57 bits per heavy atom. The highest BCUT2D eigenvalue weighted by atomic mass is 19.4. The third-order valence-corrected chi connectivity index (χ3v) is 5.55. The second kappa shape index (κ2) is 9.29. The van der Waals surface area contributed by atoms with Crippen molar-refractivity contribution < 1.29 is 17.9 Å². The van der Waals surface area contributed by atoms with E-state index in [1.54, 1.807) is 6.20 Å². The van der Waals surface area contributed by atoms with Crippen LogP contribution < -0.4 is 25.6 Å². The first kappa shape index (κ1) is 22.7. The SMILES string of the molecule is COc1cc(Nc2nc(Nc3ccn4ccnc4c3)cc(N3CCNCC3)n2)cc(C(F)(F)F)c1. The van der Waals surface area contributed by atoms with Crippen LogP contribution in [-0.4, -0.2) is 52.6 Å². The molecule has 0 spiro atoms. The zero-order valence-electron chi connectivity index (χ0n) is 18.8. The molecular formula is C23H23F3N8O. The van der Waals surface area contributed by atoms with Gasteiger partial charge in [-0.05, 0) is 18.2 Å². The maximum absolute atomic E-state index is 13.4. The summed E-state index contributed by atoms with van der Waals surface area (Å²) in [6.45, 7) is 3.09. The Hall–Kier alpha value is -4.06. The van der Waals surface area contributed by atoms with E-state index in [0.29, 0.717) is 11.6 Å². The molecule has 1 aliphatic rings. The van der Waals surface area contributed by atoms with Crippen LogP contribution in [0.15, 0.2) is 55.0 Å². The molecule has 5 rings (SSSR count). The van der Waals surface area contributed by atoms with Crippen molar-refractivity contribution in [3.8, 4) is 5.75 Å². The van der Waals surface area contributed by atoms with Gasteiger partial charge in [0.1, 0.15) is 23.0 Å². The van der Waals surface area contributed by atoms with E-state index in [1.807, 2.05) is 35.0 Å². The third kappa shape index (κ3) is 5.22. The van der Waals surface area contributed by atoms with Gasteiger partial charge in [-0.15, -0.1) is 0 Å². The van der Waals surface area contributed by atoms with Gasteiger partial charge in [0.05, 0.1) is 12.7 Å². The lowest BCUT2D eigenvalue weighted by Gasteiger charge is -2.29. The molecule has 3 N–H and O–H groups in total. The number of rotatable bonds is 6. The third-order valence-electron chi connectivity index (χ3n) is 5.55. The van der Waals surface area contributed by atoms with Gasteiger partial charge in [0.15, 0.2) is 0 Å². The molecule has 0 atom stereocenters. The number of aromatic nitrogens is 4. The number of imidazole rings is 1. The molecule has 9 nitrogen and oxygen atoms in total. The number of methoxy groups -OCH3 is 1. The summed E-state index contributed by atoms with van der Waals surface area (Å²) in [6, 6.07) is 8.99. The van der Waals surface area contributed by atoms with Gasteiger partial charge in [-0.25, -0.2) is 4.98 Å². The van der Waals surface area contributed by atoms with Gasteiger partial charge in [0.2, 0.25) is 5.95 Å². The molecule has 0 radical (unpaired) electrons. The number of ether oxygens (including phenoxy) is 1. The Kier molecular flexibility index (Phi) is 6.03. The minimum Gasteiger partial charge on any atom is -0.497 e. The number of alkyl halides is 3. The summed E-state index contributed by atoms with van der Waals surface area (Å²) in [5, 5.41) is 9.47. The molecule has 1 aliphatic heterocycles. The topological polar surface area (TPSA) is 91.6 Å². The van der Waals surface area contributed by atoms with E-state index in [0.717, 1.165) is 49.6 Å². The molecular weight excluding hydrogens is 461 g/mol. The van der Waals surface area contributed by atoms with Crippen LogP contribution in [0.1, 0.15) is 5.56 Å². The molecule has 4 aromatic rings. The second-order valence-corrected chi connectivity index (χ2v) is 7.98. The van der Waals surface area contributed by atoms with E-state index >= 15 is 0 Å². The minimum atomic E-state index is -4.52. The van der Waals surface area contributed by atoms with Gasteiger partial charge in [-0.3, -0.25) is 0 Å². The minimum absolute atomic E-state index is 0.0759. The number of hydrogen-bond acceptors (Lipinski definition) is 8. The van der Waals surface area contributed by atoms with E-state index in [2.05, 4.69) is 35.8 Å². The van der Waals surface area contributed by atoms with Gasteiger partial charge in [-0.1, -0.05) is 0 Å². The van der Waals surface area contributed by atoms with Crippen LogP contribution in [0.3, 0.4) is 0 Å². The van der Waals surface area contributed by atoms with Gasteiger partial charge in [0, 0.05) is 74.3 Å². The number of halogens is 3. The molecule has 1 aromatic carbocycles. The molecule has 12 heteroatoms. The van der Waals surface area contributed by atoms with E-state index < -0.39 is 11.7 Å². The van der Waals surface area contributed by atoms with Crippen molar-refractivity contribution in [2.45, 2.75) is 6.18 Å². The van der Waals surface area contributed by atoms with Crippen molar-refractivity contribution in [1.82, 2.24) is 24.7 Å². The van der Waals surface area contributed by atoms with Gasteiger partial charge in [0.25, 0.3) is 0 Å². The molecule has 4 heterocycles. The summed E-state index contributed by atoms with van der Waals surface area (Å²) in [7, 11) is 1.32. The van der Waals surface area contributed by atoms with Crippen LogP contribution in [-0.2, 0) is 6.18 Å². The Balaban J connectivity index is 1.49. The highest BCUT2D eigenvalue weighted by molar-refractivity contribution is 5.67. The molecule has 182 valence electrons. The molecule has 0 amide bonds. The van der Waals surface area contributed by atoms with Crippen LogP contribution in [0.5, 0.6) is 5.75 Å². The standard InChI is InChI=1S/C23H23F3N8O/c1-35-18-11-15(23(24,25)26)10-17(12-18)30-22-31-19(14-21(32-22)34-7-3-27-4-8-34)29-16-2-6-33-9-5-28-20(33)13-16/h2,5-6,9-14,27H,3-4,7-8H2,1H3,(H2,29,30,31,32). The Bertz CT molecular complexity index is 1330. The van der Waals surface area contributed by atoms with Gasteiger partial charge in [-0.2, -0.15) is 23.1 Å². The second-order valence-electron chi connectivity index (χ2n) is 7.98. The van der Waals surface area contributed by atoms with Crippen LogP contribution in [0.25, 0.3) is 5.65 Å². The molecule has 0 bridgehead atoms. The first-order chi connectivity index (χ1) is 16.9. The zero-order chi connectivity index (χ0) is 24.4. The molecule has 1 fully saturated rings. The fourth-order valence-corrected chi connectivity index (χ4v) is 3.83. The summed E-state index contributed by atoms with van der Waals surface area (Å²) < 4.78 is 47.1. The van der Waals surface area contributed by atoms with Crippen LogP contribution in [0.4, 0.5) is 42.1 Å². The zero-order valence-corrected chi connectivity index (χ0v) is 18.8. The summed E-state index contributed by atoms with van der Waals surface area (Å²) in [5.74, 6) is 1.39. The Morgan fingerprint density at radius 2 is 1.80 bits per heavy atom. The van der Waals surface area contributed by atoms with Crippen LogP contribution >= 0.6 is 0 Å². The van der Waals surface area contributed by atoms with Crippen molar-refractivity contribution in [2.24, 2.45) is 0 Å². The van der Waals surface area contributed by atoms with Crippen molar-refractivity contribution in [2.75, 3.05) is 48.8 Å². The van der Waals surface area contributed by atoms with Gasteiger partial charge >= 0.3 is 6.18 Å². The van der Waals surface area contributed by atoms with Crippen molar-refractivity contribution in [1.29, 1.82) is 0 Å². The van der Waals surface area contributed by atoms with E-state index in [-0.39, 0.29) is 17.4 Å². The molecule has 0 saturated carbocycles. The summed E-state index contributed by atoms with van der Waals surface area (Å²) in [5.41, 5.74) is 0.865. The summed E-state index contributed by atoms with van der Waals surface area (Å²) in [6.07, 6.45) is 0.902. The number of fused-ring (bicyclic) bond motifs is 1. The smallest absolute Gasteiger partial charge is 0.416 e. The van der Waals surface area contributed by atoms with Crippen LogP contribution in [0.2, 0.25) is 0 Å².